The SMILES string of the molecule is CCOc1ccc(/C=N\NC(=O)c2ccc3ccccc3c2)c(OCC)c1. The van der Waals surface area contributed by atoms with Crippen LogP contribution >= 0.6 is 0 Å². The predicted molar refractivity (Wildman–Crippen MR) is 108 cm³/mol. The molecule has 138 valence electrons. The molecule has 0 aliphatic heterocycles. The standard InChI is InChI=1S/C22H22N2O3/c1-3-26-20-12-11-19(21(14-20)27-4-2)15-23-24-22(25)18-10-9-16-7-5-6-8-17(16)13-18/h5-15H,3-4H2,1-2H3,(H,24,25)/b23-15-. The molecule has 0 aromatic heterocycles. The maximum Gasteiger partial charge on any atom is 0.271 e. The van der Waals surface area contributed by atoms with E-state index < -0.39 is 0 Å². The number of amides is 1. The molecule has 1 N–H and O–H groups in total. The molecule has 5 nitrogen and oxygen atoms in total. The largest absolute Gasteiger partial charge is 0.494 e. The minimum absolute atomic E-state index is 0.263. The van der Waals surface area contributed by atoms with Gasteiger partial charge < -0.3 is 9.47 Å². The topological polar surface area (TPSA) is 59.9 Å². The van der Waals surface area contributed by atoms with Gasteiger partial charge in [-0.15, -0.1) is 0 Å². The molecule has 0 atom stereocenters. The van der Waals surface area contributed by atoms with Gasteiger partial charge in [0.2, 0.25) is 0 Å². The first kappa shape index (κ1) is 18.5. The molecule has 0 unspecified atom stereocenters. The molecule has 0 fully saturated rings. The highest BCUT2D eigenvalue weighted by Gasteiger charge is 2.07. The molecule has 0 aliphatic carbocycles. The number of nitrogens with one attached hydrogen (secondary N) is 1. The molecule has 0 spiro atoms. The summed E-state index contributed by atoms with van der Waals surface area (Å²) in [5.74, 6) is 1.13. The van der Waals surface area contributed by atoms with E-state index in [0.29, 0.717) is 24.5 Å². The zero-order chi connectivity index (χ0) is 19.1. The summed E-state index contributed by atoms with van der Waals surface area (Å²) in [7, 11) is 0. The Morgan fingerprint density at radius 1 is 0.963 bits per heavy atom. The van der Waals surface area contributed by atoms with Crippen LogP contribution < -0.4 is 14.9 Å². The van der Waals surface area contributed by atoms with Gasteiger partial charge in [-0.2, -0.15) is 5.10 Å². The Hall–Kier alpha value is -3.34. The number of rotatable bonds is 7. The Kier molecular flexibility index (Phi) is 6.05. The molecular weight excluding hydrogens is 340 g/mol. The fourth-order valence-corrected chi connectivity index (χ4v) is 2.71. The molecule has 1 amide bonds. The first-order valence-electron chi connectivity index (χ1n) is 8.93. The lowest BCUT2D eigenvalue weighted by molar-refractivity contribution is 0.0955. The van der Waals surface area contributed by atoms with Crippen molar-refractivity contribution in [2.75, 3.05) is 13.2 Å². The average Bonchev–Trinajstić information content (AvgIpc) is 2.69. The first-order valence-corrected chi connectivity index (χ1v) is 8.93. The van der Waals surface area contributed by atoms with Gasteiger partial charge in [0.15, 0.2) is 0 Å². The van der Waals surface area contributed by atoms with E-state index in [2.05, 4.69) is 10.5 Å². The zero-order valence-electron chi connectivity index (χ0n) is 15.4. The predicted octanol–water partition coefficient (Wildman–Crippen LogP) is 4.40. The third kappa shape index (κ3) is 4.64. The Labute approximate surface area is 158 Å². The lowest BCUT2D eigenvalue weighted by Crippen LogP contribution is -2.17. The maximum absolute atomic E-state index is 12.4. The Morgan fingerprint density at radius 2 is 1.74 bits per heavy atom. The smallest absolute Gasteiger partial charge is 0.271 e. The maximum atomic E-state index is 12.4. The van der Waals surface area contributed by atoms with Crippen molar-refractivity contribution in [1.82, 2.24) is 5.43 Å². The number of carbonyl (C=O) groups excluding carboxylic acids is 1. The van der Waals surface area contributed by atoms with E-state index in [1.165, 1.54) is 0 Å². The van der Waals surface area contributed by atoms with E-state index in [-0.39, 0.29) is 5.91 Å². The van der Waals surface area contributed by atoms with Gasteiger partial charge in [-0.1, -0.05) is 30.3 Å². The summed E-state index contributed by atoms with van der Waals surface area (Å²) in [5.41, 5.74) is 3.89. The first-order chi connectivity index (χ1) is 13.2. The van der Waals surface area contributed by atoms with Gasteiger partial charge in [0.1, 0.15) is 11.5 Å². The van der Waals surface area contributed by atoms with Crippen LogP contribution in [0.3, 0.4) is 0 Å². The molecule has 0 radical (unpaired) electrons. The second-order valence-electron chi connectivity index (χ2n) is 5.83. The lowest BCUT2D eigenvalue weighted by atomic mass is 10.1. The van der Waals surface area contributed by atoms with Gasteiger partial charge in [0.25, 0.3) is 5.91 Å². The summed E-state index contributed by atoms with van der Waals surface area (Å²) < 4.78 is 11.1. The molecule has 0 saturated carbocycles. The van der Waals surface area contributed by atoms with Crippen molar-refractivity contribution in [3.05, 3.63) is 71.8 Å². The second-order valence-corrected chi connectivity index (χ2v) is 5.83. The number of hydrogen-bond acceptors (Lipinski definition) is 4. The fraction of sp³-hybridized carbons (Fsp3) is 0.182. The Morgan fingerprint density at radius 3 is 2.52 bits per heavy atom. The van der Waals surface area contributed by atoms with Crippen molar-refractivity contribution >= 4 is 22.9 Å². The summed E-state index contributed by atoms with van der Waals surface area (Å²) in [6.07, 6.45) is 1.57. The Bertz CT molecular complexity index is 967. The van der Waals surface area contributed by atoms with Crippen LogP contribution in [0, 0.1) is 0 Å². The summed E-state index contributed by atoms with van der Waals surface area (Å²) in [4.78, 5) is 12.4. The fourth-order valence-electron chi connectivity index (χ4n) is 2.71. The van der Waals surface area contributed by atoms with Crippen LogP contribution in [0.15, 0.2) is 65.8 Å². The number of hydrazone groups is 1. The molecule has 27 heavy (non-hydrogen) atoms. The van der Waals surface area contributed by atoms with Crippen LogP contribution in [0.25, 0.3) is 10.8 Å². The van der Waals surface area contributed by atoms with Crippen LogP contribution in [-0.2, 0) is 0 Å². The van der Waals surface area contributed by atoms with Crippen LogP contribution in [0.5, 0.6) is 11.5 Å². The Balaban J connectivity index is 1.72. The highest BCUT2D eigenvalue weighted by molar-refractivity contribution is 5.99. The van der Waals surface area contributed by atoms with E-state index in [9.17, 15) is 4.79 Å². The number of ether oxygens (including phenoxy) is 2. The average molecular weight is 362 g/mol. The van der Waals surface area contributed by atoms with E-state index in [0.717, 1.165) is 22.1 Å². The molecule has 5 heteroatoms. The molecule has 3 rings (SSSR count). The summed E-state index contributed by atoms with van der Waals surface area (Å²) >= 11 is 0. The lowest BCUT2D eigenvalue weighted by Gasteiger charge is -2.10. The summed E-state index contributed by atoms with van der Waals surface area (Å²) in [5, 5.41) is 6.18. The third-order valence-electron chi connectivity index (χ3n) is 3.98. The number of carbonyl (C=O) groups is 1. The van der Waals surface area contributed by atoms with Crippen LogP contribution in [0.4, 0.5) is 0 Å². The van der Waals surface area contributed by atoms with Gasteiger partial charge >= 0.3 is 0 Å². The van der Waals surface area contributed by atoms with Gasteiger partial charge in [-0.05, 0) is 48.9 Å². The number of fused-ring (bicyclic) bond motifs is 1. The van der Waals surface area contributed by atoms with Crippen molar-refractivity contribution in [3.8, 4) is 11.5 Å². The minimum Gasteiger partial charge on any atom is -0.494 e. The molecule has 0 saturated heterocycles. The quantitative estimate of drug-likeness (QED) is 0.500. The normalized spacial score (nSPS) is 10.9. The summed E-state index contributed by atoms with van der Waals surface area (Å²) in [6.45, 7) is 4.95. The second kappa shape index (κ2) is 8.85. The number of nitrogens with zero attached hydrogens (tertiary/aromatic N) is 1. The highest BCUT2D eigenvalue weighted by Crippen LogP contribution is 2.24. The van der Waals surface area contributed by atoms with Gasteiger partial charge in [-0.25, -0.2) is 5.43 Å². The van der Waals surface area contributed by atoms with Crippen molar-refractivity contribution in [3.63, 3.8) is 0 Å². The monoisotopic (exact) mass is 362 g/mol. The van der Waals surface area contributed by atoms with Crippen molar-refractivity contribution in [1.29, 1.82) is 0 Å². The van der Waals surface area contributed by atoms with E-state index in [1.807, 2.05) is 68.4 Å². The van der Waals surface area contributed by atoms with Gasteiger partial charge in [0.05, 0.1) is 19.4 Å². The molecule has 0 heterocycles. The number of benzene rings is 3. The van der Waals surface area contributed by atoms with Gasteiger partial charge in [0, 0.05) is 17.2 Å². The molecule has 0 aliphatic rings. The van der Waals surface area contributed by atoms with Crippen molar-refractivity contribution in [2.24, 2.45) is 5.10 Å². The van der Waals surface area contributed by atoms with Crippen molar-refractivity contribution in [2.45, 2.75) is 13.8 Å². The van der Waals surface area contributed by atoms with E-state index in [1.54, 1.807) is 12.3 Å². The molecule has 3 aromatic rings. The number of hydrogen-bond donors (Lipinski definition) is 1. The highest BCUT2D eigenvalue weighted by atomic mass is 16.5. The summed E-state index contributed by atoms with van der Waals surface area (Å²) in [6, 6.07) is 19.0. The van der Waals surface area contributed by atoms with Crippen LogP contribution in [0.2, 0.25) is 0 Å². The molecule has 0 bridgehead atoms. The van der Waals surface area contributed by atoms with E-state index in [4.69, 9.17) is 9.47 Å². The minimum atomic E-state index is -0.263. The third-order valence-corrected chi connectivity index (χ3v) is 3.98. The van der Waals surface area contributed by atoms with Crippen molar-refractivity contribution < 1.29 is 14.3 Å². The van der Waals surface area contributed by atoms with Crippen LogP contribution in [0.1, 0.15) is 29.8 Å². The molecular formula is C22H22N2O3. The zero-order valence-corrected chi connectivity index (χ0v) is 15.4. The van der Waals surface area contributed by atoms with E-state index >= 15 is 0 Å². The molecule has 3 aromatic carbocycles. The van der Waals surface area contributed by atoms with Gasteiger partial charge in [-0.3, -0.25) is 4.79 Å². The van der Waals surface area contributed by atoms with Crippen LogP contribution in [-0.4, -0.2) is 25.3 Å².